The van der Waals surface area contributed by atoms with Crippen LogP contribution >= 0.6 is 12.4 Å². The van der Waals surface area contributed by atoms with Gasteiger partial charge < -0.3 is 5.32 Å². The zero-order valence-electron chi connectivity index (χ0n) is 11.2. The summed E-state index contributed by atoms with van der Waals surface area (Å²) < 4.78 is 0. The summed E-state index contributed by atoms with van der Waals surface area (Å²) in [6.07, 6.45) is 8.57. The molecule has 1 aromatic rings. The van der Waals surface area contributed by atoms with Crippen LogP contribution in [0.25, 0.3) is 0 Å². The van der Waals surface area contributed by atoms with Crippen LogP contribution in [0.5, 0.6) is 0 Å². The van der Waals surface area contributed by atoms with Gasteiger partial charge in [-0.1, -0.05) is 56.4 Å². The molecule has 2 atom stereocenters. The average Bonchev–Trinajstić information content (AvgIpc) is 2.78. The first-order valence-electron chi connectivity index (χ1n) is 7.15. The van der Waals surface area contributed by atoms with E-state index in [0.717, 1.165) is 11.8 Å². The van der Waals surface area contributed by atoms with Crippen molar-refractivity contribution in [1.29, 1.82) is 0 Å². The molecule has 1 aromatic carbocycles. The van der Waals surface area contributed by atoms with E-state index >= 15 is 0 Å². The second kappa shape index (κ2) is 6.08. The van der Waals surface area contributed by atoms with Crippen LogP contribution in [-0.4, -0.2) is 7.05 Å². The Bertz CT molecular complexity index is 384. The Morgan fingerprint density at radius 2 is 1.78 bits per heavy atom. The molecular weight excluding hydrogens is 242 g/mol. The summed E-state index contributed by atoms with van der Waals surface area (Å²) in [5, 5.41) is 3.57. The monoisotopic (exact) mass is 265 g/mol. The minimum absolute atomic E-state index is 0. The van der Waals surface area contributed by atoms with Crippen molar-refractivity contribution in [2.24, 2.45) is 11.8 Å². The number of halogens is 1. The molecule has 18 heavy (non-hydrogen) atoms. The second-order valence-electron chi connectivity index (χ2n) is 5.73. The molecule has 2 unspecified atom stereocenters. The van der Waals surface area contributed by atoms with Gasteiger partial charge in [-0.2, -0.15) is 0 Å². The van der Waals surface area contributed by atoms with Crippen LogP contribution in [0.3, 0.4) is 0 Å². The van der Waals surface area contributed by atoms with Crippen molar-refractivity contribution in [3.05, 3.63) is 35.4 Å². The Morgan fingerprint density at radius 1 is 1.06 bits per heavy atom. The maximum Gasteiger partial charge on any atom is 0.0354 e. The highest BCUT2D eigenvalue weighted by atomic mass is 35.5. The first-order chi connectivity index (χ1) is 8.40. The third kappa shape index (κ3) is 2.44. The van der Waals surface area contributed by atoms with Gasteiger partial charge in [0, 0.05) is 6.04 Å². The van der Waals surface area contributed by atoms with Gasteiger partial charge in [0.25, 0.3) is 0 Å². The van der Waals surface area contributed by atoms with Crippen LogP contribution in [-0.2, 0) is 6.42 Å². The van der Waals surface area contributed by atoms with Gasteiger partial charge in [-0.25, -0.2) is 0 Å². The summed E-state index contributed by atoms with van der Waals surface area (Å²) in [5.74, 6) is 1.80. The van der Waals surface area contributed by atoms with Gasteiger partial charge >= 0.3 is 0 Å². The van der Waals surface area contributed by atoms with Gasteiger partial charge in [0.15, 0.2) is 0 Å². The van der Waals surface area contributed by atoms with Crippen molar-refractivity contribution in [3.8, 4) is 0 Å². The smallest absolute Gasteiger partial charge is 0.0354 e. The summed E-state index contributed by atoms with van der Waals surface area (Å²) >= 11 is 0. The van der Waals surface area contributed by atoms with Crippen LogP contribution in [0.2, 0.25) is 0 Å². The van der Waals surface area contributed by atoms with Crippen LogP contribution < -0.4 is 5.32 Å². The molecule has 1 fully saturated rings. The predicted octanol–water partition coefficient (Wildman–Crippen LogP) is 4.12. The van der Waals surface area contributed by atoms with Gasteiger partial charge in [-0.15, -0.1) is 12.4 Å². The van der Waals surface area contributed by atoms with Crippen molar-refractivity contribution in [2.45, 2.75) is 44.6 Å². The van der Waals surface area contributed by atoms with E-state index in [4.69, 9.17) is 0 Å². The van der Waals surface area contributed by atoms with Gasteiger partial charge in [0.1, 0.15) is 0 Å². The number of nitrogens with one attached hydrogen (secondary N) is 1. The number of benzene rings is 1. The van der Waals surface area contributed by atoms with Gasteiger partial charge in [-0.3, -0.25) is 0 Å². The van der Waals surface area contributed by atoms with Crippen LogP contribution in [0, 0.1) is 11.8 Å². The molecule has 2 aliphatic rings. The lowest BCUT2D eigenvalue weighted by Gasteiger charge is -2.31. The Morgan fingerprint density at radius 3 is 2.50 bits per heavy atom. The molecule has 0 radical (unpaired) electrons. The normalized spacial score (nSPS) is 27.6. The fourth-order valence-electron chi connectivity index (χ4n) is 4.00. The number of rotatable bonds is 2. The topological polar surface area (TPSA) is 12.0 Å². The molecule has 0 spiro atoms. The van der Waals surface area contributed by atoms with Crippen molar-refractivity contribution in [1.82, 2.24) is 5.32 Å². The van der Waals surface area contributed by atoms with E-state index in [1.54, 1.807) is 11.1 Å². The summed E-state index contributed by atoms with van der Waals surface area (Å²) in [5.41, 5.74) is 3.15. The average molecular weight is 266 g/mol. The van der Waals surface area contributed by atoms with E-state index in [1.165, 1.54) is 38.5 Å². The quantitative estimate of drug-likeness (QED) is 0.848. The molecule has 0 aromatic heterocycles. The molecule has 100 valence electrons. The lowest BCUT2D eigenvalue weighted by Crippen LogP contribution is -2.28. The lowest BCUT2D eigenvalue weighted by molar-refractivity contribution is 0.214. The lowest BCUT2D eigenvalue weighted by atomic mass is 9.77. The Balaban J connectivity index is 0.00000120. The predicted molar refractivity (Wildman–Crippen MR) is 79.3 cm³/mol. The molecule has 0 heterocycles. The van der Waals surface area contributed by atoms with Crippen molar-refractivity contribution >= 4 is 12.4 Å². The molecule has 2 heteroatoms. The maximum absolute atomic E-state index is 3.57. The van der Waals surface area contributed by atoms with Crippen LogP contribution in [0.4, 0.5) is 0 Å². The minimum Gasteiger partial charge on any atom is -0.313 e. The third-order valence-corrected chi connectivity index (χ3v) is 4.84. The fraction of sp³-hybridized carbons (Fsp3) is 0.625. The minimum atomic E-state index is 0. The first-order valence-corrected chi connectivity index (χ1v) is 7.15. The molecule has 1 nitrogen and oxygen atoms in total. The van der Waals surface area contributed by atoms with E-state index in [0.29, 0.717) is 6.04 Å². The highest BCUT2D eigenvalue weighted by Gasteiger charge is 2.36. The van der Waals surface area contributed by atoms with Crippen molar-refractivity contribution < 1.29 is 0 Å². The fourth-order valence-corrected chi connectivity index (χ4v) is 4.00. The summed E-state index contributed by atoms with van der Waals surface area (Å²) in [6, 6.07) is 9.62. The van der Waals surface area contributed by atoms with Gasteiger partial charge in [0.2, 0.25) is 0 Å². The molecule has 1 saturated carbocycles. The Kier molecular flexibility index (Phi) is 4.69. The molecular formula is C16H24ClN. The summed E-state index contributed by atoms with van der Waals surface area (Å²) in [7, 11) is 2.13. The Hall–Kier alpha value is -0.530. The summed E-state index contributed by atoms with van der Waals surface area (Å²) in [6.45, 7) is 0. The van der Waals surface area contributed by atoms with E-state index in [-0.39, 0.29) is 12.4 Å². The van der Waals surface area contributed by atoms with E-state index in [9.17, 15) is 0 Å². The van der Waals surface area contributed by atoms with Crippen molar-refractivity contribution in [3.63, 3.8) is 0 Å². The van der Waals surface area contributed by atoms with E-state index in [1.807, 2.05) is 0 Å². The molecule has 1 N–H and O–H groups in total. The molecule has 0 aliphatic heterocycles. The molecule has 3 rings (SSSR count). The molecule has 2 aliphatic carbocycles. The number of hydrogen-bond acceptors (Lipinski definition) is 1. The third-order valence-electron chi connectivity index (χ3n) is 4.84. The largest absolute Gasteiger partial charge is 0.313 e. The van der Waals surface area contributed by atoms with Gasteiger partial charge in [-0.05, 0) is 36.4 Å². The van der Waals surface area contributed by atoms with Gasteiger partial charge in [0.05, 0.1) is 0 Å². The zero-order chi connectivity index (χ0) is 11.7. The SMILES string of the molecule is CNC1c2ccccc2CC1C1CCCCC1.Cl. The standard InChI is InChI=1S/C16H23N.ClH/c1-17-16-14-10-6-5-9-13(14)11-15(16)12-7-3-2-4-8-12;/h5-6,9-10,12,15-17H,2-4,7-8,11H2,1H3;1H. The van der Waals surface area contributed by atoms with Crippen LogP contribution in [0.1, 0.15) is 49.3 Å². The van der Waals surface area contributed by atoms with E-state index < -0.39 is 0 Å². The molecule has 0 saturated heterocycles. The highest BCUT2D eigenvalue weighted by Crippen LogP contribution is 2.44. The Labute approximate surface area is 117 Å². The maximum atomic E-state index is 3.57. The first kappa shape index (κ1) is 13.9. The van der Waals surface area contributed by atoms with Crippen LogP contribution in [0.15, 0.2) is 24.3 Å². The van der Waals surface area contributed by atoms with E-state index in [2.05, 4.69) is 36.6 Å². The highest BCUT2D eigenvalue weighted by molar-refractivity contribution is 5.85. The van der Waals surface area contributed by atoms with Crippen molar-refractivity contribution in [2.75, 3.05) is 7.05 Å². The summed E-state index contributed by atoms with van der Waals surface area (Å²) in [4.78, 5) is 0. The molecule has 0 amide bonds. The number of fused-ring (bicyclic) bond motifs is 1. The second-order valence-corrected chi connectivity index (χ2v) is 5.73. The zero-order valence-corrected chi connectivity index (χ0v) is 12.0. The molecule has 0 bridgehead atoms. The number of hydrogen-bond donors (Lipinski definition) is 1.